The van der Waals surface area contributed by atoms with Crippen LogP contribution in [0.4, 0.5) is 0 Å². The first kappa shape index (κ1) is 20.3. The van der Waals surface area contributed by atoms with Gasteiger partial charge in [0.2, 0.25) is 0 Å². The molecule has 0 spiro atoms. The first-order chi connectivity index (χ1) is 10.5. The first-order valence-electron chi connectivity index (χ1n) is 5.92. The van der Waals surface area contributed by atoms with Crippen LogP contribution in [0.15, 0.2) is 48.5 Å². The Labute approximate surface area is 152 Å². The molecule has 0 heterocycles. The molecule has 2 rings (SSSR count). The minimum Gasteiger partial charge on any atom is -0.545 e. The van der Waals surface area contributed by atoms with Gasteiger partial charge in [0, 0.05) is 11.1 Å². The van der Waals surface area contributed by atoms with Gasteiger partial charge in [-0.2, -0.15) is 10.5 Å². The van der Waals surface area contributed by atoms with Crippen LogP contribution in [0, 0.1) is 22.7 Å². The molecule has 2 aromatic carbocycles. The second kappa shape index (κ2) is 10.1. The van der Waals surface area contributed by atoms with Crippen LogP contribution in [0.25, 0.3) is 0 Å². The van der Waals surface area contributed by atoms with Crippen LogP contribution in [-0.4, -0.2) is 11.9 Å². The molecule has 0 amide bonds. The molecule has 2 aromatic rings. The molecule has 0 unspecified atom stereocenters. The number of benzene rings is 2. The third-order valence-corrected chi connectivity index (χ3v) is 2.53. The minimum absolute atomic E-state index is 0. The van der Waals surface area contributed by atoms with Gasteiger partial charge in [-0.05, 0) is 12.1 Å². The van der Waals surface area contributed by atoms with Crippen LogP contribution < -0.4 is 10.2 Å². The van der Waals surface area contributed by atoms with Gasteiger partial charge in [0.05, 0.1) is 35.2 Å². The third-order valence-electron chi connectivity index (χ3n) is 2.53. The zero-order valence-electron chi connectivity index (χ0n) is 11.9. The molecule has 0 bridgehead atoms. The number of carbonyl (C=O) groups is 2. The average Bonchev–Trinajstić information content (AvgIpc) is 2.55. The van der Waals surface area contributed by atoms with E-state index in [1.165, 1.54) is 24.3 Å². The van der Waals surface area contributed by atoms with Crippen molar-refractivity contribution in [1.29, 1.82) is 10.5 Å². The molecule has 0 N–H and O–H groups in total. The number of hydrogen-bond acceptors (Lipinski definition) is 6. The summed E-state index contributed by atoms with van der Waals surface area (Å²) in [5, 5.41) is 37.5. The summed E-state index contributed by atoms with van der Waals surface area (Å²) in [5.41, 5.74) is 0.144. The molecule has 23 heavy (non-hydrogen) atoms. The van der Waals surface area contributed by atoms with Gasteiger partial charge in [0.25, 0.3) is 0 Å². The zero-order chi connectivity index (χ0) is 16.5. The maximum Gasteiger partial charge on any atom is 2.00 e. The van der Waals surface area contributed by atoms with Crippen LogP contribution in [0.1, 0.15) is 31.8 Å². The van der Waals surface area contributed by atoms with Crippen molar-refractivity contribution in [3.63, 3.8) is 0 Å². The van der Waals surface area contributed by atoms with Crippen LogP contribution in [0.5, 0.6) is 0 Å². The molecule has 6 nitrogen and oxygen atoms in total. The molecular formula is C16H8CdN2O4. The summed E-state index contributed by atoms with van der Waals surface area (Å²) < 4.78 is 0. The van der Waals surface area contributed by atoms with Gasteiger partial charge < -0.3 is 19.8 Å². The maximum absolute atomic E-state index is 10.3. The van der Waals surface area contributed by atoms with Gasteiger partial charge in [0.15, 0.2) is 0 Å². The SMILES string of the molecule is N#Cc1ccccc1C(=O)[O-].N#Cc1ccccc1C(=O)[O-].[Cd+2]. The second-order valence-electron chi connectivity index (χ2n) is 3.89. The quantitative estimate of drug-likeness (QED) is 0.640. The van der Waals surface area contributed by atoms with Crippen molar-refractivity contribution < 1.29 is 47.1 Å². The van der Waals surface area contributed by atoms with Crippen LogP contribution in [0.3, 0.4) is 0 Å². The molecule has 0 aliphatic rings. The molecule has 0 aliphatic heterocycles. The Morgan fingerprint density at radius 2 is 1.04 bits per heavy atom. The van der Waals surface area contributed by atoms with E-state index in [2.05, 4.69) is 0 Å². The molecule has 0 aromatic heterocycles. The summed E-state index contributed by atoms with van der Waals surface area (Å²) in [5.74, 6) is -2.63. The van der Waals surface area contributed by atoms with Gasteiger partial charge in [-0.25, -0.2) is 0 Å². The van der Waals surface area contributed by atoms with E-state index in [1.807, 2.05) is 0 Å². The molecule has 0 fully saturated rings. The van der Waals surface area contributed by atoms with E-state index < -0.39 is 11.9 Å². The standard InChI is InChI=1S/2C8H5NO2.Cd/c2*9-5-6-3-1-2-4-7(6)8(10)11;/h2*1-4H,(H,10,11);/q;;+2/p-2. The minimum atomic E-state index is -1.32. The fourth-order valence-corrected chi connectivity index (χ4v) is 1.52. The van der Waals surface area contributed by atoms with Gasteiger partial charge in [0.1, 0.15) is 0 Å². The van der Waals surface area contributed by atoms with Crippen molar-refractivity contribution >= 4 is 11.9 Å². The molecule has 7 heteroatoms. The van der Waals surface area contributed by atoms with E-state index in [0.717, 1.165) is 0 Å². The average molecular weight is 405 g/mol. The first-order valence-corrected chi connectivity index (χ1v) is 5.92. The van der Waals surface area contributed by atoms with E-state index in [1.54, 1.807) is 36.4 Å². The monoisotopic (exact) mass is 406 g/mol. The Hall–Kier alpha value is -2.72. The largest absolute Gasteiger partial charge is 2.00 e. The Bertz CT molecular complexity index is 724. The van der Waals surface area contributed by atoms with Crippen molar-refractivity contribution in [2.75, 3.05) is 0 Å². The predicted molar refractivity (Wildman–Crippen MR) is 71.0 cm³/mol. The van der Waals surface area contributed by atoms with Crippen LogP contribution >= 0.6 is 0 Å². The van der Waals surface area contributed by atoms with Crippen molar-refractivity contribution in [2.45, 2.75) is 0 Å². The van der Waals surface area contributed by atoms with Crippen LogP contribution in [0.2, 0.25) is 0 Å². The summed E-state index contributed by atoms with van der Waals surface area (Å²) in [7, 11) is 0. The topological polar surface area (TPSA) is 128 Å². The van der Waals surface area contributed by atoms with E-state index >= 15 is 0 Å². The maximum atomic E-state index is 10.3. The zero-order valence-corrected chi connectivity index (χ0v) is 15.9. The number of carboxylic acids is 2. The van der Waals surface area contributed by atoms with Crippen molar-refractivity contribution in [2.24, 2.45) is 0 Å². The molecule has 108 valence electrons. The van der Waals surface area contributed by atoms with Gasteiger partial charge in [-0.15, -0.1) is 0 Å². The fraction of sp³-hybridized carbons (Fsp3) is 0. The van der Waals surface area contributed by atoms with Crippen molar-refractivity contribution in [1.82, 2.24) is 0 Å². The Morgan fingerprint density at radius 1 is 0.739 bits per heavy atom. The van der Waals surface area contributed by atoms with Gasteiger partial charge in [-0.1, -0.05) is 36.4 Å². The number of nitrogens with zero attached hydrogens (tertiary/aromatic N) is 2. The number of aromatic carboxylic acids is 2. The molecular weight excluding hydrogens is 397 g/mol. The van der Waals surface area contributed by atoms with Crippen LogP contribution in [-0.2, 0) is 27.3 Å². The summed E-state index contributed by atoms with van der Waals surface area (Å²) in [6, 6.07) is 15.4. The van der Waals surface area contributed by atoms with Gasteiger partial charge in [-0.3, -0.25) is 0 Å². The Balaban J connectivity index is 0.000000403. The number of carboxylic acid groups (broad SMARTS) is 2. The molecule has 0 saturated carbocycles. The molecule has 0 saturated heterocycles. The summed E-state index contributed by atoms with van der Waals surface area (Å²) in [4.78, 5) is 20.6. The van der Waals surface area contributed by atoms with E-state index in [0.29, 0.717) is 0 Å². The number of hydrogen-bond donors (Lipinski definition) is 0. The summed E-state index contributed by atoms with van der Waals surface area (Å²) in [6.45, 7) is 0. The molecule has 0 radical (unpaired) electrons. The summed E-state index contributed by atoms with van der Waals surface area (Å²) >= 11 is 0. The van der Waals surface area contributed by atoms with Crippen molar-refractivity contribution in [3.8, 4) is 12.1 Å². The second-order valence-corrected chi connectivity index (χ2v) is 3.89. The smallest absolute Gasteiger partial charge is 0.545 e. The van der Waals surface area contributed by atoms with Crippen molar-refractivity contribution in [3.05, 3.63) is 70.8 Å². The van der Waals surface area contributed by atoms with Gasteiger partial charge >= 0.3 is 27.3 Å². The molecule has 0 atom stereocenters. The molecule has 0 aliphatic carbocycles. The Morgan fingerprint density at radius 3 is 1.26 bits per heavy atom. The fourth-order valence-electron chi connectivity index (χ4n) is 1.52. The van der Waals surface area contributed by atoms with E-state index in [9.17, 15) is 19.8 Å². The Kier molecular flexibility index (Phi) is 8.89. The van der Waals surface area contributed by atoms with E-state index in [4.69, 9.17) is 10.5 Å². The third kappa shape index (κ3) is 5.89. The summed E-state index contributed by atoms with van der Waals surface area (Å²) in [6.07, 6.45) is 0. The number of nitriles is 2. The number of rotatable bonds is 2. The number of carbonyl (C=O) groups excluding carboxylic acids is 2. The van der Waals surface area contributed by atoms with E-state index in [-0.39, 0.29) is 49.6 Å². The predicted octanol–water partition coefficient (Wildman–Crippen LogP) is -0.159. The normalized spacial score (nSPS) is 8.26.